The first kappa shape index (κ1) is 12.8. The maximum absolute atomic E-state index is 11.8. The molecule has 3 rings (SSSR count). The molecule has 102 valence electrons. The van der Waals surface area contributed by atoms with Crippen LogP contribution in [0.4, 0.5) is 0 Å². The molecule has 0 radical (unpaired) electrons. The van der Waals surface area contributed by atoms with Crippen LogP contribution in [-0.4, -0.2) is 29.4 Å². The second-order valence-corrected chi connectivity index (χ2v) is 5.58. The van der Waals surface area contributed by atoms with Crippen LogP contribution in [0, 0.1) is 0 Å². The molecule has 2 amide bonds. The van der Waals surface area contributed by atoms with Gasteiger partial charge in [0.2, 0.25) is 11.8 Å². The summed E-state index contributed by atoms with van der Waals surface area (Å²) in [4.78, 5) is 27.2. The lowest BCUT2D eigenvalue weighted by Gasteiger charge is -2.09. The molecule has 20 heavy (non-hydrogen) atoms. The summed E-state index contributed by atoms with van der Waals surface area (Å²) in [6.07, 6.45) is 3.63. The number of fused-ring (bicyclic) bond motifs is 1. The maximum atomic E-state index is 11.8. The highest BCUT2D eigenvalue weighted by molar-refractivity contribution is 7.18. The van der Waals surface area contributed by atoms with E-state index < -0.39 is 6.04 Å². The molecule has 1 aliphatic rings. The van der Waals surface area contributed by atoms with Gasteiger partial charge in [0.25, 0.3) is 0 Å². The van der Waals surface area contributed by atoms with Crippen molar-refractivity contribution in [1.82, 2.24) is 15.6 Å². The van der Waals surface area contributed by atoms with E-state index in [2.05, 4.69) is 15.6 Å². The van der Waals surface area contributed by atoms with E-state index in [0.717, 1.165) is 15.2 Å². The summed E-state index contributed by atoms with van der Waals surface area (Å²) in [6.45, 7) is 0.513. The zero-order valence-electron chi connectivity index (χ0n) is 10.6. The number of para-hydroxylation sites is 1. The number of nitrogens with one attached hydrogen (secondary N) is 2. The number of carbonyl (C=O) groups is 2. The molecule has 1 unspecified atom stereocenters. The van der Waals surface area contributed by atoms with E-state index in [9.17, 15) is 9.59 Å². The molecule has 0 aliphatic carbocycles. The number of hydrogen-bond donors (Lipinski definition) is 2. The third-order valence-electron chi connectivity index (χ3n) is 3.00. The van der Waals surface area contributed by atoms with Crippen LogP contribution in [0.2, 0.25) is 0 Å². The van der Waals surface area contributed by atoms with E-state index in [1.807, 2.05) is 24.3 Å². The average molecular weight is 287 g/mol. The minimum absolute atomic E-state index is 0.187. The van der Waals surface area contributed by atoms with Gasteiger partial charge in [-0.3, -0.25) is 9.59 Å². The van der Waals surface area contributed by atoms with Gasteiger partial charge in [0, 0.05) is 19.0 Å². The van der Waals surface area contributed by atoms with Gasteiger partial charge in [0.15, 0.2) is 0 Å². The highest BCUT2D eigenvalue weighted by atomic mass is 32.1. The molecule has 5 nitrogen and oxygen atoms in total. The van der Waals surface area contributed by atoms with E-state index in [4.69, 9.17) is 0 Å². The molecular weight excluding hydrogens is 274 g/mol. The fourth-order valence-electron chi connectivity index (χ4n) is 2.02. The summed E-state index contributed by atoms with van der Waals surface area (Å²) in [5.74, 6) is -0.412. The molecule has 2 aromatic rings. The third-order valence-corrected chi connectivity index (χ3v) is 4.09. The van der Waals surface area contributed by atoms with Gasteiger partial charge in [0.05, 0.1) is 15.2 Å². The summed E-state index contributed by atoms with van der Waals surface area (Å²) in [6, 6.07) is 7.42. The van der Waals surface area contributed by atoms with Gasteiger partial charge in [-0.25, -0.2) is 4.98 Å². The van der Waals surface area contributed by atoms with Crippen LogP contribution in [0.5, 0.6) is 0 Å². The minimum Gasteiger partial charge on any atom is -0.354 e. The molecule has 0 bridgehead atoms. The van der Waals surface area contributed by atoms with E-state index in [1.165, 1.54) is 6.08 Å². The van der Waals surface area contributed by atoms with Crippen molar-refractivity contribution in [1.29, 1.82) is 0 Å². The maximum Gasteiger partial charge on any atom is 0.246 e. The Bertz CT molecular complexity index is 660. The first-order valence-electron chi connectivity index (χ1n) is 6.33. The molecule has 1 atom stereocenters. The molecule has 1 aromatic carbocycles. The van der Waals surface area contributed by atoms with Crippen molar-refractivity contribution in [2.75, 3.05) is 6.54 Å². The van der Waals surface area contributed by atoms with Crippen molar-refractivity contribution in [3.8, 4) is 0 Å². The number of rotatable bonds is 4. The van der Waals surface area contributed by atoms with Gasteiger partial charge >= 0.3 is 0 Å². The molecule has 0 saturated heterocycles. The summed E-state index contributed by atoms with van der Waals surface area (Å²) in [5.41, 5.74) is 0.991. The predicted molar refractivity (Wildman–Crippen MR) is 77.4 cm³/mol. The van der Waals surface area contributed by atoms with Crippen molar-refractivity contribution in [3.05, 3.63) is 41.4 Å². The van der Waals surface area contributed by atoms with E-state index in [1.54, 1.807) is 17.4 Å². The van der Waals surface area contributed by atoms with E-state index in [0.29, 0.717) is 13.0 Å². The summed E-state index contributed by atoms with van der Waals surface area (Å²) >= 11 is 1.64. The van der Waals surface area contributed by atoms with Crippen molar-refractivity contribution in [3.63, 3.8) is 0 Å². The van der Waals surface area contributed by atoms with Crippen LogP contribution < -0.4 is 10.6 Å². The molecule has 1 aliphatic heterocycles. The van der Waals surface area contributed by atoms with E-state index >= 15 is 0 Å². The number of aromatic nitrogens is 1. The smallest absolute Gasteiger partial charge is 0.246 e. The lowest BCUT2D eigenvalue weighted by Crippen LogP contribution is -2.42. The van der Waals surface area contributed by atoms with Gasteiger partial charge in [-0.05, 0) is 18.2 Å². The van der Waals surface area contributed by atoms with Gasteiger partial charge < -0.3 is 10.6 Å². The molecule has 0 fully saturated rings. The highest BCUT2D eigenvalue weighted by Gasteiger charge is 2.21. The van der Waals surface area contributed by atoms with Crippen LogP contribution in [0.25, 0.3) is 10.2 Å². The SMILES string of the molecule is O=C1C=CC(C(=O)NCCc2nc3ccccc3s2)N1. The fraction of sp³-hybridized carbons (Fsp3) is 0.214. The lowest BCUT2D eigenvalue weighted by atomic mass is 10.3. The number of nitrogens with zero attached hydrogens (tertiary/aromatic N) is 1. The Labute approximate surface area is 119 Å². The largest absolute Gasteiger partial charge is 0.354 e. The topological polar surface area (TPSA) is 71.1 Å². The number of hydrogen-bond acceptors (Lipinski definition) is 4. The Morgan fingerprint density at radius 2 is 2.25 bits per heavy atom. The van der Waals surface area contributed by atoms with E-state index in [-0.39, 0.29) is 11.8 Å². The standard InChI is InChI=1S/C14H13N3O2S/c18-12-6-5-10(16-12)14(19)15-8-7-13-17-9-3-1-2-4-11(9)20-13/h1-6,10H,7-8H2,(H,15,19)(H,16,18). The first-order valence-corrected chi connectivity index (χ1v) is 7.15. The van der Waals surface area contributed by atoms with Crippen molar-refractivity contribution >= 4 is 33.4 Å². The van der Waals surface area contributed by atoms with Gasteiger partial charge in [0.1, 0.15) is 6.04 Å². The quantitative estimate of drug-likeness (QED) is 0.881. The Hall–Kier alpha value is -2.21. The lowest BCUT2D eigenvalue weighted by molar-refractivity contribution is -0.125. The number of carbonyl (C=O) groups excluding carboxylic acids is 2. The number of thiazole rings is 1. The minimum atomic E-state index is -0.544. The molecule has 0 spiro atoms. The highest BCUT2D eigenvalue weighted by Crippen LogP contribution is 2.21. The Kier molecular flexibility index (Phi) is 3.47. The fourth-order valence-corrected chi connectivity index (χ4v) is 2.98. The number of benzene rings is 1. The first-order chi connectivity index (χ1) is 9.72. The molecule has 2 N–H and O–H groups in total. The second-order valence-electron chi connectivity index (χ2n) is 4.46. The Morgan fingerprint density at radius 3 is 3.00 bits per heavy atom. The number of amides is 2. The molecule has 0 saturated carbocycles. The third kappa shape index (κ3) is 2.70. The molecule has 6 heteroatoms. The Balaban J connectivity index is 1.53. The predicted octanol–water partition coefficient (Wildman–Crippen LogP) is 1.01. The molecule has 2 heterocycles. The Morgan fingerprint density at radius 1 is 1.40 bits per heavy atom. The molecular formula is C14H13N3O2S. The zero-order chi connectivity index (χ0) is 13.9. The van der Waals surface area contributed by atoms with Crippen molar-refractivity contribution in [2.24, 2.45) is 0 Å². The summed E-state index contributed by atoms with van der Waals surface area (Å²) < 4.78 is 1.15. The van der Waals surface area contributed by atoms with Crippen molar-refractivity contribution in [2.45, 2.75) is 12.5 Å². The second kappa shape index (κ2) is 5.42. The monoisotopic (exact) mass is 287 g/mol. The van der Waals surface area contributed by atoms with Crippen LogP contribution in [-0.2, 0) is 16.0 Å². The van der Waals surface area contributed by atoms with Crippen molar-refractivity contribution < 1.29 is 9.59 Å². The summed E-state index contributed by atoms with van der Waals surface area (Å²) in [5, 5.41) is 6.35. The normalized spacial score (nSPS) is 17.4. The molecule has 1 aromatic heterocycles. The van der Waals surface area contributed by atoms with Gasteiger partial charge in [-0.2, -0.15) is 0 Å². The average Bonchev–Trinajstić information content (AvgIpc) is 3.04. The van der Waals surface area contributed by atoms with Gasteiger partial charge in [-0.1, -0.05) is 12.1 Å². The zero-order valence-corrected chi connectivity index (χ0v) is 11.4. The van der Waals surface area contributed by atoms with Crippen LogP contribution in [0.15, 0.2) is 36.4 Å². The van der Waals surface area contributed by atoms with Gasteiger partial charge in [-0.15, -0.1) is 11.3 Å². The van der Waals surface area contributed by atoms with Crippen LogP contribution in [0.1, 0.15) is 5.01 Å². The summed E-state index contributed by atoms with van der Waals surface area (Å²) in [7, 11) is 0. The van der Waals surface area contributed by atoms with Crippen LogP contribution >= 0.6 is 11.3 Å². The van der Waals surface area contributed by atoms with Crippen LogP contribution in [0.3, 0.4) is 0 Å².